The molecule has 23 heavy (non-hydrogen) atoms. The molecule has 3 rings (SSSR count). The number of hydrogen-bond donors (Lipinski definition) is 2. The molecule has 0 radical (unpaired) electrons. The molecule has 0 aliphatic heterocycles. The summed E-state index contributed by atoms with van der Waals surface area (Å²) in [5, 5.41) is 18.2. The summed E-state index contributed by atoms with van der Waals surface area (Å²) < 4.78 is 1.59. The Hall–Kier alpha value is -3.16. The van der Waals surface area contributed by atoms with Gasteiger partial charge in [0.05, 0.1) is 5.52 Å². The second-order valence-corrected chi connectivity index (χ2v) is 5.03. The van der Waals surface area contributed by atoms with Gasteiger partial charge < -0.3 is 20.7 Å². The lowest BCUT2D eigenvalue weighted by Crippen LogP contribution is -2.16. The minimum Gasteiger partial charge on any atom is -0.368 e. The van der Waals surface area contributed by atoms with Gasteiger partial charge in [-0.05, 0) is 28.1 Å². The van der Waals surface area contributed by atoms with Gasteiger partial charge in [0.25, 0.3) is 0 Å². The number of fused-ring (bicyclic) bond motifs is 1. The largest absolute Gasteiger partial charge is 0.406 e. The number of imidazole rings is 1. The number of pyridine rings is 1. The Morgan fingerprint density at radius 3 is 2.78 bits per heavy atom. The van der Waals surface area contributed by atoms with Crippen LogP contribution in [0.2, 0.25) is 0 Å². The highest BCUT2D eigenvalue weighted by Gasteiger charge is 2.19. The first-order chi connectivity index (χ1) is 11.1. The minimum absolute atomic E-state index is 0.170. The zero-order valence-corrected chi connectivity index (χ0v) is 12.6. The zero-order chi connectivity index (χ0) is 16.2. The van der Waals surface area contributed by atoms with Crippen LogP contribution in [-0.2, 0) is 7.05 Å². The van der Waals surface area contributed by atoms with Gasteiger partial charge in [0.15, 0.2) is 0 Å². The summed E-state index contributed by atoms with van der Waals surface area (Å²) in [7, 11) is 1.71. The fraction of sp³-hybridized carbons (Fsp3) is 0.200. The predicted octanol–water partition coefficient (Wildman–Crippen LogP) is 2.40. The second-order valence-electron chi connectivity index (χ2n) is 5.03. The van der Waals surface area contributed by atoms with Crippen LogP contribution in [0.15, 0.2) is 42.7 Å². The summed E-state index contributed by atoms with van der Waals surface area (Å²) in [5.41, 5.74) is 0.924. The van der Waals surface area contributed by atoms with E-state index in [4.69, 9.17) is 0 Å². The smallest absolute Gasteiger partial charge is 0.368 e. The summed E-state index contributed by atoms with van der Waals surface area (Å²) in [6.45, 7) is 1.09. The lowest BCUT2D eigenvalue weighted by Gasteiger charge is -2.09. The maximum absolute atomic E-state index is 10.9. The molecular weight excluding hydrogens is 296 g/mol. The van der Waals surface area contributed by atoms with Crippen molar-refractivity contribution >= 4 is 28.4 Å². The second kappa shape index (κ2) is 6.30. The van der Waals surface area contributed by atoms with Gasteiger partial charge in [0, 0.05) is 25.5 Å². The number of hydrogen-bond acceptors (Lipinski definition) is 6. The molecule has 0 saturated heterocycles. The van der Waals surface area contributed by atoms with Crippen LogP contribution in [0.3, 0.4) is 0 Å². The van der Waals surface area contributed by atoms with Crippen molar-refractivity contribution in [2.75, 3.05) is 23.7 Å². The summed E-state index contributed by atoms with van der Waals surface area (Å²) in [6.07, 6.45) is 1.42. The van der Waals surface area contributed by atoms with E-state index in [0.29, 0.717) is 18.9 Å². The van der Waals surface area contributed by atoms with Crippen LogP contribution < -0.4 is 10.6 Å². The molecule has 8 nitrogen and oxygen atoms in total. The summed E-state index contributed by atoms with van der Waals surface area (Å²) >= 11 is 0. The quantitative estimate of drug-likeness (QED) is 0.412. The molecule has 2 aromatic heterocycles. The maximum Gasteiger partial charge on any atom is 0.406 e. The van der Waals surface area contributed by atoms with Gasteiger partial charge in [-0.3, -0.25) is 4.57 Å². The first-order valence-electron chi connectivity index (χ1n) is 7.14. The monoisotopic (exact) mass is 312 g/mol. The Morgan fingerprint density at radius 1 is 1.17 bits per heavy atom. The van der Waals surface area contributed by atoms with E-state index in [1.807, 2.05) is 36.4 Å². The molecule has 0 spiro atoms. The molecule has 118 valence electrons. The number of aryl methyl sites for hydroxylation is 1. The highest BCUT2D eigenvalue weighted by Crippen LogP contribution is 2.20. The molecule has 2 N–H and O–H groups in total. The van der Waals surface area contributed by atoms with E-state index in [9.17, 15) is 10.1 Å². The summed E-state index contributed by atoms with van der Waals surface area (Å²) in [5.74, 6) is 0.990. The Bertz CT molecular complexity index is 845. The number of nitrogens with one attached hydrogen (secondary N) is 2. The third kappa shape index (κ3) is 3.20. The van der Waals surface area contributed by atoms with Crippen molar-refractivity contribution in [3.8, 4) is 0 Å². The van der Waals surface area contributed by atoms with Crippen molar-refractivity contribution in [2.45, 2.75) is 0 Å². The van der Waals surface area contributed by atoms with E-state index in [2.05, 4.69) is 20.6 Å². The Balaban J connectivity index is 1.59. The normalized spacial score (nSPS) is 10.7. The first-order valence-corrected chi connectivity index (χ1v) is 7.14. The van der Waals surface area contributed by atoms with Crippen molar-refractivity contribution in [2.24, 2.45) is 7.05 Å². The average Bonchev–Trinajstić information content (AvgIpc) is 2.92. The van der Waals surface area contributed by atoms with Crippen molar-refractivity contribution in [1.29, 1.82) is 0 Å². The standard InChI is InChI=1S/C15H16N6O2/c1-20-10-18-15(21(22)23)14(20)17-9-8-16-13-7-6-11-4-2-3-5-12(11)19-13/h2-7,10,17H,8-9H2,1H3,(H,16,19). The summed E-state index contributed by atoms with van der Waals surface area (Å²) in [4.78, 5) is 18.6. The van der Waals surface area contributed by atoms with Gasteiger partial charge in [0.2, 0.25) is 12.1 Å². The minimum atomic E-state index is -0.499. The van der Waals surface area contributed by atoms with E-state index in [1.54, 1.807) is 11.6 Å². The summed E-state index contributed by atoms with van der Waals surface area (Å²) in [6, 6.07) is 11.8. The number of aromatic nitrogens is 3. The molecule has 0 atom stereocenters. The van der Waals surface area contributed by atoms with Crippen LogP contribution in [0.5, 0.6) is 0 Å². The fourth-order valence-corrected chi connectivity index (χ4v) is 2.29. The van der Waals surface area contributed by atoms with Gasteiger partial charge in [-0.25, -0.2) is 4.98 Å². The van der Waals surface area contributed by atoms with Gasteiger partial charge in [0.1, 0.15) is 5.82 Å². The number of para-hydroxylation sites is 1. The molecule has 0 aliphatic rings. The van der Waals surface area contributed by atoms with Crippen molar-refractivity contribution in [3.05, 3.63) is 52.8 Å². The molecule has 2 heterocycles. The zero-order valence-electron chi connectivity index (χ0n) is 12.6. The van der Waals surface area contributed by atoms with Crippen LogP contribution in [0.1, 0.15) is 0 Å². The molecule has 0 amide bonds. The number of nitrogens with zero attached hydrogens (tertiary/aromatic N) is 4. The molecule has 0 saturated carbocycles. The van der Waals surface area contributed by atoms with E-state index >= 15 is 0 Å². The molecule has 0 aliphatic carbocycles. The third-order valence-electron chi connectivity index (χ3n) is 3.41. The molecule has 0 unspecified atom stereocenters. The van der Waals surface area contributed by atoms with Crippen molar-refractivity contribution < 1.29 is 4.92 Å². The molecule has 0 fully saturated rings. The number of rotatable bonds is 6. The third-order valence-corrected chi connectivity index (χ3v) is 3.41. The average molecular weight is 312 g/mol. The van der Waals surface area contributed by atoms with Gasteiger partial charge >= 0.3 is 5.82 Å². The van der Waals surface area contributed by atoms with Gasteiger partial charge in [-0.1, -0.05) is 18.2 Å². The van der Waals surface area contributed by atoms with Crippen LogP contribution in [0.4, 0.5) is 17.5 Å². The molecule has 3 aromatic rings. The van der Waals surface area contributed by atoms with E-state index in [0.717, 1.165) is 16.7 Å². The van der Waals surface area contributed by atoms with Crippen LogP contribution >= 0.6 is 0 Å². The topological polar surface area (TPSA) is 97.9 Å². The SMILES string of the molecule is Cn1cnc([N+](=O)[O-])c1NCCNc1ccc2ccccc2n1. The van der Waals surface area contributed by atoms with Gasteiger partial charge in [-0.15, -0.1) is 0 Å². The number of nitro groups is 1. The van der Waals surface area contributed by atoms with Crippen LogP contribution in [0.25, 0.3) is 10.9 Å². The lowest BCUT2D eigenvalue weighted by molar-refractivity contribution is -0.388. The Morgan fingerprint density at radius 2 is 1.96 bits per heavy atom. The Kier molecular flexibility index (Phi) is 4.05. The van der Waals surface area contributed by atoms with E-state index in [-0.39, 0.29) is 5.82 Å². The van der Waals surface area contributed by atoms with Crippen molar-refractivity contribution in [1.82, 2.24) is 14.5 Å². The maximum atomic E-state index is 10.9. The molecule has 1 aromatic carbocycles. The van der Waals surface area contributed by atoms with Crippen LogP contribution in [0, 0.1) is 10.1 Å². The van der Waals surface area contributed by atoms with Crippen LogP contribution in [-0.4, -0.2) is 32.5 Å². The number of benzene rings is 1. The first kappa shape index (κ1) is 14.8. The lowest BCUT2D eigenvalue weighted by atomic mass is 10.2. The van der Waals surface area contributed by atoms with Gasteiger partial charge in [-0.2, -0.15) is 0 Å². The fourth-order valence-electron chi connectivity index (χ4n) is 2.29. The highest BCUT2D eigenvalue weighted by atomic mass is 16.6. The Labute approximate surface area is 132 Å². The van der Waals surface area contributed by atoms with Crippen molar-refractivity contribution in [3.63, 3.8) is 0 Å². The van der Waals surface area contributed by atoms with E-state index in [1.165, 1.54) is 6.33 Å². The highest BCUT2D eigenvalue weighted by molar-refractivity contribution is 5.80. The predicted molar refractivity (Wildman–Crippen MR) is 88.6 cm³/mol. The number of anilines is 2. The molecule has 0 bridgehead atoms. The van der Waals surface area contributed by atoms with E-state index < -0.39 is 4.92 Å². The molecule has 8 heteroatoms. The molecular formula is C15H16N6O2.